The Bertz CT molecular complexity index is 743. The molecule has 7 nitrogen and oxygen atoms in total. The van der Waals surface area contributed by atoms with Crippen LogP contribution in [0.5, 0.6) is 0 Å². The lowest BCUT2D eigenvalue weighted by Gasteiger charge is -2.16. The highest BCUT2D eigenvalue weighted by molar-refractivity contribution is 6.01. The van der Waals surface area contributed by atoms with E-state index in [1.54, 1.807) is 33.0 Å². The lowest BCUT2D eigenvalue weighted by molar-refractivity contribution is -0.138. The molecule has 1 N–H and O–H groups in total. The van der Waals surface area contributed by atoms with Gasteiger partial charge in [-0.3, -0.25) is 4.79 Å². The van der Waals surface area contributed by atoms with Crippen LogP contribution in [0.2, 0.25) is 0 Å². The normalized spacial score (nSPS) is 16.2. The summed E-state index contributed by atoms with van der Waals surface area (Å²) < 4.78 is 18.6. The Labute approximate surface area is 145 Å². The zero-order valence-corrected chi connectivity index (χ0v) is 14.7. The van der Waals surface area contributed by atoms with E-state index in [-0.39, 0.29) is 30.3 Å². The van der Waals surface area contributed by atoms with Crippen molar-refractivity contribution < 1.29 is 18.7 Å². The summed E-state index contributed by atoms with van der Waals surface area (Å²) in [4.78, 5) is 32.0. The predicted molar refractivity (Wildman–Crippen MR) is 92.8 cm³/mol. The van der Waals surface area contributed by atoms with Gasteiger partial charge in [0.25, 0.3) is 5.91 Å². The fourth-order valence-corrected chi connectivity index (χ4v) is 2.28. The van der Waals surface area contributed by atoms with E-state index in [0.717, 1.165) is 6.07 Å². The summed E-state index contributed by atoms with van der Waals surface area (Å²) in [5.41, 5.74) is 1.06. The summed E-state index contributed by atoms with van der Waals surface area (Å²) in [6, 6.07) is 3.87. The smallest absolute Gasteiger partial charge is 0.358 e. The number of aliphatic imine (C=N–C) groups is 1. The van der Waals surface area contributed by atoms with E-state index in [4.69, 9.17) is 4.74 Å². The van der Waals surface area contributed by atoms with Crippen molar-refractivity contribution >= 4 is 23.9 Å². The third kappa shape index (κ3) is 4.34. The lowest BCUT2D eigenvalue weighted by atomic mass is 10.1. The maximum atomic E-state index is 13.5. The summed E-state index contributed by atoms with van der Waals surface area (Å²) in [7, 11) is 5.11. The number of carbonyl (C=O) groups excluding carboxylic acids is 2. The zero-order chi connectivity index (χ0) is 18.6. The van der Waals surface area contributed by atoms with Crippen LogP contribution in [0, 0.1) is 5.82 Å². The molecule has 1 aliphatic heterocycles. The van der Waals surface area contributed by atoms with Crippen LogP contribution in [-0.2, 0) is 9.53 Å². The van der Waals surface area contributed by atoms with Gasteiger partial charge in [0.05, 0.1) is 36.4 Å². The standard InChI is InChI=1S/C17H21FN4O3/c1-5-25-17(24)15(19-10-21(2)3)14-9-22(4)16(23)12-8-11(18)6-7-13(12)20-14/h6-8,10,20H,5,9H2,1-4H3/b15-14+,19-10?. The molecule has 0 aliphatic carbocycles. The van der Waals surface area contributed by atoms with E-state index in [1.165, 1.54) is 23.4 Å². The average molecular weight is 348 g/mol. The molecule has 8 heteroatoms. The molecular formula is C17H21FN4O3. The number of halogens is 1. The summed E-state index contributed by atoms with van der Waals surface area (Å²) in [5.74, 6) is -1.46. The largest absolute Gasteiger partial charge is 0.461 e. The van der Waals surface area contributed by atoms with Crippen LogP contribution >= 0.6 is 0 Å². The van der Waals surface area contributed by atoms with Gasteiger partial charge in [0, 0.05) is 21.1 Å². The number of esters is 1. The quantitative estimate of drug-likeness (QED) is 0.388. The number of ether oxygens (including phenoxy) is 1. The van der Waals surface area contributed by atoms with E-state index < -0.39 is 11.8 Å². The number of hydrogen-bond acceptors (Lipinski definition) is 5. The van der Waals surface area contributed by atoms with Crippen LogP contribution in [0.1, 0.15) is 17.3 Å². The lowest BCUT2D eigenvalue weighted by Crippen LogP contribution is -2.28. The van der Waals surface area contributed by atoms with Crippen molar-refractivity contribution in [3.63, 3.8) is 0 Å². The number of amides is 1. The highest BCUT2D eigenvalue weighted by atomic mass is 19.1. The topological polar surface area (TPSA) is 74.2 Å². The third-order valence-electron chi connectivity index (χ3n) is 3.41. The molecule has 0 saturated heterocycles. The van der Waals surface area contributed by atoms with Crippen LogP contribution in [0.4, 0.5) is 10.1 Å². The second-order valence-corrected chi connectivity index (χ2v) is 5.73. The fraction of sp³-hybridized carbons (Fsp3) is 0.353. The number of anilines is 1. The number of hydrogen-bond donors (Lipinski definition) is 1. The molecular weight excluding hydrogens is 327 g/mol. The molecule has 0 saturated carbocycles. The molecule has 0 spiro atoms. The van der Waals surface area contributed by atoms with Gasteiger partial charge in [-0.05, 0) is 25.1 Å². The first kappa shape index (κ1) is 18.4. The van der Waals surface area contributed by atoms with Gasteiger partial charge in [-0.1, -0.05) is 0 Å². The number of nitrogens with zero attached hydrogens (tertiary/aromatic N) is 3. The Morgan fingerprint density at radius 3 is 2.84 bits per heavy atom. The van der Waals surface area contributed by atoms with Gasteiger partial charge in [-0.2, -0.15) is 0 Å². The van der Waals surface area contributed by atoms with Gasteiger partial charge in [-0.25, -0.2) is 14.2 Å². The minimum Gasteiger partial charge on any atom is -0.461 e. The number of rotatable bonds is 4. The molecule has 0 radical (unpaired) electrons. The second kappa shape index (κ2) is 7.78. The van der Waals surface area contributed by atoms with Crippen molar-refractivity contribution in [1.82, 2.24) is 9.80 Å². The molecule has 0 atom stereocenters. The van der Waals surface area contributed by atoms with E-state index in [9.17, 15) is 14.0 Å². The Kier molecular flexibility index (Phi) is 5.74. The van der Waals surface area contributed by atoms with Crippen LogP contribution in [0.15, 0.2) is 34.6 Å². The van der Waals surface area contributed by atoms with Gasteiger partial charge >= 0.3 is 5.97 Å². The summed E-state index contributed by atoms with van der Waals surface area (Å²) >= 11 is 0. The molecule has 0 aromatic heterocycles. The van der Waals surface area contributed by atoms with Crippen LogP contribution in [-0.4, -0.2) is 62.3 Å². The molecule has 0 unspecified atom stereocenters. The molecule has 1 amide bonds. The van der Waals surface area contributed by atoms with Crippen LogP contribution < -0.4 is 5.32 Å². The second-order valence-electron chi connectivity index (χ2n) is 5.73. The molecule has 1 heterocycles. The molecule has 134 valence electrons. The van der Waals surface area contributed by atoms with Crippen molar-refractivity contribution in [1.29, 1.82) is 0 Å². The highest BCUT2D eigenvalue weighted by Gasteiger charge is 2.26. The zero-order valence-electron chi connectivity index (χ0n) is 14.7. The van der Waals surface area contributed by atoms with Gasteiger partial charge in [0.1, 0.15) is 5.82 Å². The highest BCUT2D eigenvalue weighted by Crippen LogP contribution is 2.26. The van der Waals surface area contributed by atoms with Crippen molar-refractivity contribution in [2.45, 2.75) is 6.92 Å². The Hall–Kier alpha value is -2.90. The third-order valence-corrected chi connectivity index (χ3v) is 3.41. The average Bonchev–Trinajstić information content (AvgIpc) is 2.66. The fourth-order valence-electron chi connectivity index (χ4n) is 2.28. The molecule has 0 bridgehead atoms. The summed E-state index contributed by atoms with van der Waals surface area (Å²) in [5, 5.41) is 3.03. The minimum absolute atomic E-state index is 0.0624. The van der Waals surface area contributed by atoms with Crippen molar-refractivity contribution in [2.75, 3.05) is 39.6 Å². The molecule has 0 fully saturated rings. The van der Waals surface area contributed by atoms with Crippen LogP contribution in [0.3, 0.4) is 0 Å². The van der Waals surface area contributed by atoms with E-state index in [1.807, 2.05) is 0 Å². The predicted octanol–water partition coefficient (Wildman–Crippen LogP) is 1.69. The Morgan fingerprint density at radius 1 is 1.48 bits per heavy atom. The van der Waals surface area contributed by atoms with Gasteiger partial charge in [-0.15, -0.1) is 0 Å². The molecule has 1 aliphatic rings. The maximum Gasteiger partial charge on any atom is 0.358 e. The molecule has 1 aromatic carbocycles. The number of carbonyl (C=O) groups is 2. The Balaban J connectivity index is 2.55. The van der Waals surface area contributed by atoms with Crippen molar-refractivity contribution in [3.8, 4) is 0 Å². The monoisotopic (exact) mass is 348 g/mol. The van der Waals surface area contributed by atoms with Gasteiger partial charge in [0.2, 0.25) is 0 Å². The first-order valence-corrected chi connectivity index (χ1v) is 7.76. The number of nitrogens with one attached hydrogen (secondary N) is 1. The van der Waals surface area contributed by atoms with E-state index >= 15 is 0 Å². The van der Waals surface area contributed by atoms with Crippen molar-refractivity contribution in [3.05, 3.63) is 41.0 Å². The van der Waals surface area contributed by atoms with Gasteiger partial charge in [0.15, 0.2) is 5.70 Å². The SMILES string of the molecule is CCOC(=O)/C(N=CN(C)C)=C1/CN(C)C(=O)c2cc(F)ccc2N1. The molecule has 25 heavy (non-hydrogen) atoms. The number of fused-ring (bicyclic) bond motifs is 1. The molecule has 2 rings (SSSR count). The maximum absolute atomic E-state index is 13.5. The number of benzene rings is 1. The minimum atomic E-state index is -0.602. The van der Waals surface area contributed by atoms with Gasteiger partial charge < -0.3 is 19.9 Å². The van der Waals surface area contributed by atoms with Crippen LogP contribution in [0.25, 0.3) is 0 Å². The van der Waals surface area contributed by atoms with Crippen molar-refractivity contribution in [2.24, 2.45) is 4.99 Å². The first-order chi connectivity index (χ1) is 11.8. The molecule has 1 aromatic rings. The first-order valence-electron chi connectivity index (χ1n) is 7.76. The Morgan fingerprint density at radius 2 is 2.20 bits per heavy atom. The summed E-state index contributed by atoms with van der Waals surface area (Å²) in [6.45, 7) is 2.00. The summed E-state index contributed by atoms with van der Waals surface area (Å²) in [6.07, 6.45) is 1.47. The van der Waals surface area contributed by atoms with E-state index in [0.29, 0.717) is 11.4 Å². The number of likely N-dealkylation sites (N-methyl/N-ethyl adjacent to an activating group) is 1. The van der Waals surface area contributed by atoms with E-state index in [2.05, 4.69) is 10.3 Å².